The maximum Gasteiger partial charge on any atom is 0.198 e. The van der Waals surface area contributed by atoms with Gasteiger partial charge in [0.2, 0.25) is 0 Å². The quantitative estimate of drug-likeness (QED) is 0.670. The van der Waals surface area contributed by atoms with Gasteiger partial charge < -0.3 is 15.2 Å². The fourth-order valence-electron chi connectivity index (χ4n) is 4.32. The lowest BCUT2D eigenvalue weighted by Gasteiger charge is -2.35. The van der Waals surface area contributed by atoms with Crippen molar-refractivity contribution in [3.63, 3.8) is 0 Å². The van der Waals surface area contributed by atoms with E-state index in [1.165, 1.54) is 6.33 Å². The average molecular weight is 428 g/mol. The van der Waals surface area contributed by atoms with E-state index in [2.05, 4.69) is 22.1 Å². The van der Waals surface area contributed by atoms with Crippen LogP contribution in [0.15, 0.2) is 77.2 Å². The molecule has 0 aliphatic carbocycles. The molecule has 2 aliphatic heterocycles. The molecule has 0 fully saturated rings. The minimum atomic E-state index is -0.874. The molecule has 2 N–H and O–H groups in total. The molecule has 1 aromatic heterocycles. The average Bonchev–Trinajstić information content (AvgIpc) is 3.17. The van der Waals surface area contributed by atoms with E-state index in [0.717, 1.165) is 33.8 Å². The lowest BCUT2D eigenvalue weighted by atomic mass is 9.81. The Morgan fingerprint density at radius 1 is 1.00 bits per heavy atom. The molecule has 8 heteroatoms. The summed E-state index contributed by atoms with van der Waals surface area (Å²) in [4.78, 5) is 20.2. The van der Waals surface area contributed by atoms with E-state index in [1.54, 1.807) is 26.6 Å². The number of hydrogen-bond donors (Lipinski definition) is 1. The van der Waals surface area contributed by atoms with Gasteiger partial charge in [0.1, 0.15) is 17.9 Å². The Balaban J connectivity index is 1.71. The van der Waals surface area contributed by atoms with Crippen LogP contribution in [0.1, 0.15) is 11.1 Å². The molecule has 32 heavy (non-hydrogen) atoms. The van der Waals surface area contributed by atoms with Gasteiger partial charge in [-0.05, 0) is 34.9 Å². The summed E-state index contributed by atoms with van der Waals surface area (Å²) in [5.74, 6) is 2.00. The van der Waals surface area contributed by atoms with E-state index < -0.39 is 5.54 Å². The highest BCUT2D eigenvalue weighted by Gasteiger charge is 2.50. The van der Waals surface area contributed by atoms with Gasteiger partial charge in [0.05, 0.1) is 26.3 Å². The summed E-state index contributed by atoms with van der Waals surface area (Å²) in [5, 5.41) is 0. The molecule has 0 radical (unpaired) electrons. The molecular weight excluding hydrogens is 404 g/mol. The van der Waals surface area contributed by atoms with Gasteiger partial charge in [-0.2, -0.15) is 0 Å². The molecule has 3 aromatic rings. The molecule has 5 rings (SSSR count). The summed E-state index contributed by atoms with van der Waals surface area (Å²) in [7, 11) is 3.34. The summed E-state index contributed by atoms with van der Waals surface area (Å²) in [6.45, 7) is 1.16. The number of ether oxygens (including phenoxy) is 2. The number of nitrogens with zero attached hydrogens (tertiary/aromatic N) is 5. The van der Waals surface area contributed by atoms with Crippen LogP contribution in [0.4, 0.5) is 0 Å². The highest BCUT2D eigenvalue weighted by Crippen LogP contribution is 2.43. The molecule has 0 amide bonds. The van der Waals surface area contributed by atoms with E-state index in [0.29, 0.717) is 19.0 Å². The first-order valence-electron chi connectivity index (χ1n) is 10.4. The molecule has 2 aromatic carbocycles. The second kappa shape index (κ2) is 8.05. The van der Waals surface area contributed by atoms with Crippen molar-refractivity contribution in [2.24, 2.45) is 15.7 Å². The molecule has 162 valence electrons. The van der Waals surface area contributed by atoms with Crippen molar-refractivity contribution in [2.75, 3.05) is 27.3 Å². The molecule has 0 bridgehead atoms. The maximum atomic E-state index is 6.46. The predicted octanol–water partition coefficient (Wildman–Crippen LogP) is 2.45. The Hall–Kier alpha value is -3.78. The lowest BCUT2D eigenvalue weighted by Crippen LogP contribution is -2.51. The van der Waals surface area contributed by atoms with Crippen LogP contribution in [0, 0.1) is 0 Å². The molecule has 2 unspecified atom stereocenters. The first-order chi connectivity index (χ1) is 15.7. The van der Waals surface area contributed by atoms with Crippen LogP contribution in [-0.4, -0.2) is 60.1 Å². The van der Waals surface area contributed by atoms with Crippen molar-refractivity contribution >= 4 is 11.8 Å². The van der Waals surface area contributed by atoms with Crippen LogP contribution in [0.3, 0.4) is 0 Å². The normalized spacial score (nSPS) is 22.2. The van der Waals surface area contributed by atoms with Gasteiger partial charge in [-0.25, -0.2) is 15.0 Å². The molecule has 2 aliphatic rings. The Morgan fingerprint density at radius 2 is 1.78 bits per heavy atom. The summed E-state index contributed by atoms with van der Waals surface area (Å²) in [6, 6.07) is 16.1. The molecule has 0 saturated heterocycles. The molecule has 0 saturated carbocycles. The van der Waals surface area contributed by atoms with Gasteiger partial charge in [-0.1, -0.05) is 30.3 Å². The van der Waals surface area contributed by atoms with E-state index in [4.69, 9.17) is 25.2 Å². The standard InChI is InChI=1S/C24H24N6O2/c1-31-20-8-6-18(7-9-20)24(22-28-13-21(32-2)14-30(22)23(25)29-24)19-5-3-4-16(10-19)17-11-26-15-27-12-17/h3-12,15,21H,13-14H2,1-2H3,(H2,25,29). The Morgan fingerprint density at radius 3 is 2.50 bits per heavy atom. The number of nitrogens with two attached hydrogens (primary N) is 1. The van der Waals surface area contributed by atoms with Crippen LogP contribution in [-0.2, 0) is 10.3 Å². The number of aliphatic imine (C=N–C) groups is 2. The maximum absolute atomic E-state index is 6.46. The van der Waals surface area contributed by atoms with Crippen molar-refractivity contribution in [1.82, 2.24) is 14.9 Å². The second-order valence-electron chi connectivity index (χ2n) is 7.75. The SMILES string of the molecule is COc1ccc(C2(c3cccc(-c4cncnc4)c3)N=C(N)N3CC(OC)CN=C32)cc1. The van der Waals surface area contributed by atoms with E-state index >= 15 is 0 Å². The predicted molar refractivity (Wildman–Crippen MR) is 123 cm³/mol. The van der Waals surface area contributed by atoms with E-state index in [1.807, 2.05) is 41.3 Å². The fraction of sp³-hybridized carbons (Fsp3) is 0.250. The van der Waals surface area contributed by atoms with Crippen LogP contribution in [0.5, 0.6) is 5.75 Å². The van der Waals surface area contributed by atoms with Crippen molar-refractivity contribution in [3.05, 3.63) is 78.4 Å². The van der Waals surface area contributed by atoms with Gasteiger partial charge in [0.15, 0.2) is 11.5 Å². The molecule has 2 atom stereocenters. The Kier molecular flexibility index (Phi) is 5.07. The minimum absolute atomic E-state index is 0.0352. The van der Waals surface area contributed by atoms with Crippen LogP contribution < -0.4 is 10.5 Å². The van der Waals surface area contributed by atoms with Gasteiger partial charge in [0.25, 0.3) is 0 Å². The first-order valence-corrected chi connectivity index (χ1v) is 10.4. The third-order valence-corrected chi connectivity index (χ3v) is 5.98. The lowest BCUT2D eigenvalue weighted by molar-refractivity contribution is 0.0939. The number of methoxy groups -OCH3 is 2. The third-order valence-electron chi connectivity index (χ3n) is 5.98. The monoisotopic (exact) mass is 428 g/mol. The van der Waals surface area contributed by atoms with Gasteiger partial charge >= 0.3 is 0 Å². The number of fused-ring (bicyclic) bond motifs is 1. The Bertz CT molecular complexity index is 1180. The summed E-state index contributed by atoms with van der Waals surface area (Å²) in [5.41, 5.74) is 9.42. The molecule has 3 heterocycles. The van der Waals surface area contributed by atoms with Crippen LogP contribution in [0.2, 0.25) is 0 Å². The summed E-state index contributed by atoms with van der Waals surface area (Å²) >= 11 is 0. The number of benzene rings is 2. The molecular formula is C24H24N6O2. The van der Waals surface area contributed by atoms with Gasteiger partial charge in [-0.3, -0.25) is 9.89 Å². The fourth-order valence-corrected chi connectivity index (χ4v) is 4.32. The highest BCUT2D eigenvalue weighted by molar-refractivity contribution is 6.12. The number of rotatable bonds is 5. The third kappa shape index (κ3) is 3.20. The zero-order valence-electron chi connectivity index (χ0n) is 18.0. The topological polar surface area (TPSA) is 98.2 Å². The van der Waals surface area contributed by atoms with Crippen molar-refractivity contribution < 1.29 is 9.47 Å². The summed E-state index contributed by atoms with van der Waals surface area (Å²) in [6.07, 6.45) is 5.08. The number of amidine groups is 1. The van der Waals surface area contributed by atoms with Crippen molar-refractivity contribution in [3.8, 4) is 16.9 Å². The van der Waals surface area contributed by atoms with E-state index in [9.17, 15) is 0 Å². The zero-order valence-corrected chi connectivity index (χ0v) is 18.0. The summed E-state index contributed by atoms with van der Waals surface area (Å²) < 4.78 is 10.9. The number of aromatic nitrogens is 2. The zero-order chi connectivity index (χ0) is 22.1. The minimum Gasteiger partial charge on any atom is -0.497 e. The van der Waals surface area contributed by atoms with E-state index in [-0.39, 0.29) is 6.10 Å². The van der Waals surface area contributed by atoms with Gasteiger partial charge in [-0.15, -0.1) is 0 Å². The Labute approximate surface area is 186 Å². The number of guanidine groups is 1. The van der Waals surface area contributed by atoms with Crippen molar-refractivity contribution in [1.29, 1.82) is 0 Å². The van der Waals surface area contributed by atoms with Gasteiger partial charge in [0, 0.05) is 25.1 Å². The largest absolute Gasteiger partial charge is 0.497 e. The highest BCUT2D eigenvalue weighted by atomic mass is 16.5. The van der Waals surface area contributed by atoms with Crippen molar-refractivity contribution in [2.45, 2.75) is 11.6 Å². The first kappa shape index (κ1) is 20.1. The molecule has 0 spiro atoms. The smallest absolute Gasteiger partial charge is 0.198 e. The number of hydrogen-bond acceptors (Lipinski definition) is 8. The van der Waals surface area contributed by atoms with Crippen LogP contribution >= 0.6 is 0 Å². The second-order valence-corrected chi connectivity index (χ2v) is 7.75. The van der Waals surface area contributed by atoms with Crippen LogP contribution in [0.25, 0.3) is 11.1 Å². The molecule has 8 nitrogen and oxygen atoms in total.